The van der Waals surface area contributed by atoms with Crippen LogP contribution in [0, 0.1) is 0 Å². The van der Waals surface area contributed by atoms with Gasteiger partial charge in [-0.25, -0.2) is 4.57 Å². The largest absolute Gasteiger partial charge is 0.472 e. The number of unbranched alkanes of at least 4 members (excludes halogenated alkanes) is 12. The molecule has 0 aliphatic rings. The van der Waals surface area contributed by atoms with Crippen molar-refractivity contribution in [3.63, 3.8) is 0 Å². The van der Waals surface area contributed by atoms with Crippen LogP contribution in [0.1, 0.15) is 117 Å². The molecule has 0 amide bonds. The Hall–Kier alpha value is -0.990. The second kappa shape index (κ2) is 23.4. The van der Waals surface area contributed by atoms with Gasteiger partial charge in [0.25, 0.3) is 0 Å². The summed E-state index contributed by atoms with van der Waals surface area (Å²) in [5.41, 5.74) is 5.27. The van der Waals surface area contributed by atoms with Gasteiger partial charge in [0.05, 0.1) is 13.2 Å². The van der Waals surface area contributed by atoms with E-state index in [1.165, 1.54) is 38.5 Å². The molecule has 0 heterocycles. The summed E-state index contributed by atoms with van der Waals surface area (Å²) in [6.07, 6.45) is 14.8. The third kappa shape index (κ3) is 23.2. The number of hydrogen-bond acceptors (Lipinski definition) is 8. The molecular weight excluding hydrogens is 473 g/mol. The highest BCUT2D eigenvalue weighted by Crippen LogP contribution is 2.43. The van der Waals surface area contributed by atoms with Crippen molar-refractivity contribution in [2.45, 2.75) is 123 Å². The fourth-order valence-electron chi connectivity index (χ4n) is 3.45. The average Bonchev–Trinajstić information content (AvgIpc) is 2.83. The number of hydrogen-bond donors (Lipinski definition) is 2. The van der Waals surface area contributed by atoms with Crippen molar-refractivity contribution in [2.24, 2.45) is 5.73 Å². The molecule has 0 aliphatic heterocycles. The fourth-order valence-corrected chi connectivity index (χ4v) is 4.22. The summed E-state index contributed by atoms with van der Waals surface area (Å²) in [5, 5.41) is 0. The topological polar surface area (TPSA) is 134 Å². The minimum atomic E-state index is -4.34. The van der Waals surface area contributed by atoms with Crippen LogP contribution in [-0.4, -0.2) is 49.3 Å². The van der Waals surface area contributed by atoms with Crippen molar-refractivity contribution in [3.8, 4) is 0 Å². The number of esters is 2. The molecule has 0 aliphatic carbocycles. The Balaban J connectivity index is 4.35. The Labute approximate surface area is 212 Å². The van der Waals surface area contributed by atoms with Crippen molar-refractivity contribution >= 4 is 19.8 Å². The molecule has 0 bridgehead atoms. The number of phosphoric ester groups is 1. The first-order chi connectivity index (χ1) is 16.8. The molecule has 35 heavy (non-hydrogen) atoms. The molecule has 208 valence electrons. The van der Waals surface area contributed by atoms with Crippen molar-refractivity contribution in [2.75, 3.05) is 26.4 Å². The predicted octanol–water partition coefficient (Wildman–Crippen LogP) is 5.82. The lowest BCUT2D eigenvalue weighted by Crippen LogP contribution is -2.29. The van der Waals surface area contributed by atoms with Crippen molar-refractivity contribution in [1.82, 2.24) is 0 Å². The standard InChI is InChI=1S/C25H50NO8P/c1-3-5-7-9-10-11-12-14-15-17-24(27)31-21-23(22-33-35(29,30)32-20-19-26)34-25(28)18-16-13-8-6-4-2/h23H,3-22,26H2,1-2H3,(H,29,30)/t23-/m1/s1. The van der Waals surface area contributed by atoms with Crippen LogP contribution in [-0.2, 0) is 32.7 Å². The number of nitrogens with two attached hydrogens (primary N) is 1. The first-order valence-corrected chi connectivity index (χ1v) is 15.0. The normalized spacial score (nSPS) is 13.8. The number of phosphoric acid groups is 1. The van der Waals surface area contributed by atoms with E-state index in [4.69, 9.17) is 24.3 Å². The van der Waals surface area contributed by atoms with Gasteiger partial charge in [-0.05, 0) is 12.8 Å². The zero-order valence-corrected chi connectivity index (χ0v) is 22.9. The number of rotatable bonds is 25. The van der Waals surface area contributed by atoms with Gasteiger partial charge in [-0.1, -0.05) is 90.9 Å². The lowest BCUT2D eigenvalue weighted by molar-refractivity contribution is -0.161. The summed E-state index contributed by atoms with van der Waals surface area (Å²) in [6, 6.07) is 0. The van der Waals surface area contributed by atoms with Crippen LogP contribution in [0.5, 0.6) is 0 Å². The molecule has 0 aromatic carbocycles. The third-order valence-corrected chi connectivity index (χ3v) is 6.48. The highest BCUT2D eigenvalue weighted by Gasteiger charge is 2.25. The zero-order chi connectivity index (χ0) is 26.2. The minimum absolute atomic E-state index is 0.0564. The first kappa shape index (κ1) is 34.0. The zero-order valence-electron chi connectivity index (χ0n) is 22.0. The highest BCUT2D eigenvalue weighted by molar-refractivity contribution is 7.47. The SMILES string of the molecule is CCCCCCCCCCCC(=O)OC[C@H](COP(=O)(O)OCCN)OC(=O)CCCCCCC. The fraction of sp³-hybridized carbons (Fsp3) is 0.920. The number of carbonyl (C=O) groups excluding carboxylic acids is 2. The van der Waals surface area contributed by atoms with Crippen LogP contribution in [0.3, 0.4) is 0 Å². The van der Waals surface area contributed by atoms with Crippen LogP contribution >= 0.6 is 7.82 Å². The lowest BCUT2D eigenvalue weighted by atomic mass is 10.1. The predicted molar refractivity (Wildman–Crippen MR) is 137 cm³/mol. The Morgan fingerprint density at radius 2 is 1.23 bits per heavy atom. The molecule has 0 saturated heterocycles. The molecule has 0 saturated carbocycles. The molecule has 0 spiro atoms. The summed E-state index contributed by atoms with van der Waals surface area (Å²) >= 11 is 0. The highest BCUT2D eigenvalue weighted by atomic mass is 31.2. The molecule has 0 aromatic heterocycles. The molecule has 0 rings (SSSR count). The quantitative estimate of drug-likeness (QED) is 0.0862. The van der Waals surface area contributed by atoms with Gasteiger partial charge in [0.2, 0.25) is 0 Å². The van der Waals surface area contributed by atoms with Gasteiger partial charge in [-0.3, -0.25) is 18.6 Å². The Bertz CT molecular complexity index is 576. The minimum Gasteiger partial charge on any atom is -0.462 e. The van der Waals surface area contributed by atoms with Gasteiger partial charge in [0.15, 0.2) is 6.10 Å². The second-order valence-corrected chi connectivity index (χ2v) is 10.4. The maximum atomic E-state index is 12.2. The molecular formula is C25H50NO8P. The van der Waals surface area contributed by atoms with E-state index in [0.717, 1.165) is 44.9 Å². The van der Waals surface area contributed by atoms with E-state index < -0.39 is 26.5 Å². The van der Waals surface area contributed by atoms with Crippen LogP contribution < -0.4 is 5.73 Å². The van der Waals surface area contributed by atoms with Crippen molar-refractivity contribution in [3.05, 3.63) is 0 Å². The molecule has 1 unspecified atom stereocenters. The summed E-state index contributed by atoms with van der Waals surface area (Å²) in [7, 11) is -4.34. The molecule has 0 aromatic rings. The van der Waals surface area contributed by atoms with E-state index in [0.29, 0.717) is 6.42 Å². The summed E-state index contributed by atoms with van der Waals surface area (Å²) in [6.45, 7) is 3.56. The van der Waals surface area contributed by atoms with Gasteiger partial charge in [0.1, 0.15) is 6.61 Å². The summed E-state index contributed by atoms with van der Waals surface area (Å²) in [5.74, 6) is -0.846. The Kier molecular flexibility index (Phi) is 22.7. The van der Waals surface area contributed by atoms with Gasteiger partial charge in [-0.2, -0.15) is 0 Å². The van der Waals surface area contributed by atoms with Gasteiger partial charge in [-0.15, -0.1) is 0 Å². The lowest BCUT2D eigenvalue weighted by Gasteiger charge is -2.19. The van der Waals surface area contributed by atoms with Gasteiger partial charge >= 0.3 is 19.8 Å². The molecule has 0 fully saturated rings. The molecule has 0 radical (unpaired) electrons. The van der Waals surface area contributed by atoms with Crippen LogP contribution in [0.2, 0.25) is 0 Å². The number of carbonyl (C=O) groups is 2. The van der Waals surface area contributed by atoms with Crippen molar-refractivity contribution in [1.29, 1.82) is 0 Å². The monoisotopic (exact) mass is 523 g/mol. The van der Waals surface area contributed by atoms with E-state index in [-0.39, 0.29) is 38.6 Å². The molecule has 2 atom stereocenters. The Morgan fingerprint density at radius 1 is 0.743 bits per heavy atom. The summed E-state index contributed by atoms with van der Waals surface area (Å²) < 4.78 is 32.1. The number of ether oxygens (including phenoxy) is 2. The molecule has 10 heteroatoms. The third-order valence-electron chi connectivity index (χ3n) is 5.49. The summed E-state index contributed by atoms with van der Waals surface area (Å²) in [4.78, 5) is 34.0. The molecule has 3 N–H and O–H groups in total. The van der Waals surface area contributed by atoms with E-state index in [9.17, 15) is 19.0 Å². The maximum Gasteiger partial charge on any atom is 0.472 e. The second-order valence-electron chi connectivity index (χ2n) is 8.92. The van der Waals surface area contributed by atoms with Gasteiger partial charge < -0.3 is 20.1 Å². The Morgan fingerprint density at radius 3 is 1.74 bits per heavy atom. The smallest absolute Gasteiger partial charge is 0.462 e. The van der Waals surface area contributed by atoms with E-state index in [1.807, 2.05) is 0 Å². The van der Waals surface area contributed by atoms with Gasteiger partial charge in [0, 0.05) is 19.4 Å². The van der Waals surface area contributed by atoms with E-state index >= 15 is 0 Å². The van der Waals surface area contributed by atoms with Crippen molar-refractivity contribution < 1.29 is 37.6 Å². The molecule has 9 nitrogen and oxygen atoms in total. The first-order valence-electron chi connectivity index (χ1n) is 13.5. The average molecular weight is 524 g/mol. The van der Waals surface area contributed by atoms with Crippen LogP contribution in [0.25, 0.3) is 0 Å². The van der Waals surface area contributed by atoms with Crippen LogP contribution in [0.4, 0.5) is 0 Å². The van der Waals surface area contributed by atoms with E-state index in [2.05, 4.69) is 13.8 Å². The van der Waals surface area contributed by atoms with Crippen LogP contribution in [0.15, 0.2) is 0 Å². The maximum absolute atomic E-state index is 12.2. The van der Waals surface area contributed by atoms with E-state index in [1.54, 1.807) is 0 Å².